The van der Waals surface area contributed by atoms with Crippen molar-refractivity contribution >= 4 is 11.6 Å². The minimum Gasteiger partial charge on any atom is -0.399 e. The second kappa shape index (κ2) is 5.11. The number of nitrogens with one attached hydrogen (secondary N) is 2. The molecular formula is C11H13N5O. The van der Waals surface area contributed by atoms with E-state index >= 15 is 0 Å². The van der Waals surface area contributed by atoms with Crippen molar-refractivity contribution in [1.82, 2.24) is 20.5 Å². The van der Waals surface area contributed by atoms with E-state index in [1.54, 1.807) is 0 Å². The molecule has 0 saturated heterocycles. The van der Waals surface area contributed by atoms with Gasteiger partial charge in [0.25, 0.3) is 5.91 Å². The third kappa shape index (κ3) is 3.04. The Bertz CT molecular complexity index is 477. The number of carbonyl (C=O) groups excluding carboxylic acids is 1. The Labute approximate surface area is 98.3 Å². The topological polar surface area (TPSA) is 96.7 Å². The van der Waals surface area contributed by atoms with Crippen LogP contribution in [0.3, 0.4) is 0 Å². The highest BCUT2D eigenvalue weighted by Crippen LogP contribution is 2.05. The van der Waals surface area contributed by atoms with Crippen LogP contribution in [0, 0.1) is 0 Å². The number of rotatable bonds is 4. The van der Waals surface area contributed by atoms with Gasteiger partial charge in [-0.3, -0.25) is 9.89 Å². The molecule has 1 aromatic heterocycles. The Hall–Kier alpha value is -2.37. The zero-order valence-corrected chi connectivity index (χ0v) is 9.18. The smallest absolute Gasteiger partial charge is 0.288 e. The first-order valence-electron chi connectivity index (χ1n) is 5.23. The molecule has 0 bridgehead atoms. The van der Waals surface area contributed by atoms with Crippen LogP contribution in [0.4, 0.5) is 5.69 Å². The molecule has 2 rings (SSSR count). The fourth-order valence-corrected chi connectivity index (χ4v) is 1.40. The molecule has 1 aromatic carbocycles. The molecule has 88 valence electrons. The molecule has 4 N–H and O–H groups in total. The SMILES string of the molecule is Nc1ccc(CCNC(=O)c2ncn[nH]2)cc1. The Morgan fingerprint density at radius 1 is 1.35 bits per heavy atom. The molecule has 0 aliphatic heterocycles. The summed E-state index contributed by atoms with van der Waals surface area (Å²) in [5.74, 6) is -0.0275. The van der Waals surface area contributed by atoms with E-state index in [9.17, 15) is 4.79 Å². The molecular weight excluding hydrogens is 218 g/mol. The minimum absolute atomic E-state index is 0.224. The first-order chi connectivity index (χ1) is 8.25. The van der Waals surface area contributed by atoms with Crippen LogP contribution in [0.25, 0.3) is 0 Å². The predicted molar refractivity (Wildman–Crippen MR) is 63.3 cm³/mol. The number of nitrogen functional groups attached to an aromatic ring is 1. The molecule has 0 saturated carbocycles. The zero-order chi connectivity index (χ0) is 12.1. The van der Waals surface area contributed by atoms with Crippen molar-refractivity contribution in [1.29, 1.82) is 0 Å². The van der Waals surface area contributed by atoms with Crippen molar-refractivity contribution in [3.8, 4) is 0 Å². The molecule has 0 spiro atoms. The Balaban J connectivity index is 1.80. The first kappa shape index (κ1) is 11.1. The summed E-state index contributed by atoms with van der Waals surface area (Å²) in [5, 5.41) is 8.86. The van der Waals surface area contributed by atoms with Gasteiger partial charge in [0, 0.05) is 12.2 Å². The summed E-state index contributed by atoms with van der Waals surface area (Å²) in [6.07, 6.45) is 2.05. The van der Waals surface area contributed by atoms with Crippen LogP contribution in [0.2, 0.25) is 0 Å². The average molecular weight is 231 g/mol. The van der Waals surface area contributed by atoms with E-state index in [4.69, 9.17) is 5.73 Å². The van der Waals surface area contributed by atoms with Crippen LogP contribution in [0.5, 0.6) is 0 Å². The fraction of sp³-hybridized carbons (Fsp3) is 0.182. The molecule has 0 atom stereocenters. The summed E-state index contributed by atoms with van der Waals surface area (Å²) in [6.45, 7) is 0.545. The second-order valence-corrected chi connectivity index (χ2v) is 3.58. The summed E-state index contributed by atoms with van der Waals surface area (Å²) < 4.78 is 0. The van der Waals surface area contributed by atoms with Gasteiger partial charge in [-0.05, 0) is 24.1 Å². The lowest BCUT2D eigenvalue weighted by molar-refractivity contribution is 0.0944. The molecule has 0 radical (unpaired) electrons. The predicted octanol–water partition coefficient (Wildman–Crippen LogP) is 0.359. The molecule has 0 unspecified atom stereocenters. The van der Waals surface area contributed by atoms with Crippen LogP contribution in [0.1, 0.15) is 16.2 Å². The standard InChI is InChI=1S/C11H13N5O/c12-9-3-1-8(2-4-9)5-6-13-11(17)10-14-7-15-16-10/h1-4,7H,5-6,12H2,(H,13,17)(H,14,15,16). The minimum atomic E-state index is -0.252. The number of hydrogen-bond donors (Lipinski definition) is 3. The van der Waals surface area contributed by atoms with Gasteiger partial charge in [0.15, 0.2) is 0 Å². The monoisotopic (exact) mass is 231 g/mol. The molecule has 0 fully saturated rings. The maximum Gasteiger partial charge on any atom is 0.288 e. The quantitative estimate of drug-likeness (QED) is 0.662. The van der Waals surface area contributed by atoms with Crippen molar-refractivity contribution in [3.63, 3.8) is 0 Å². The largest absolute Gasteiger partial charge is 0.399 e. The Morgan fingerprint density at radius 3 is 2.76 bits per heavy atom. The number of H-pyrrole nitrogens is 1. The van der Waals surface area contributed by atoms with Crippen molar-refractivity contribution < 1.29 is 4.79 Å². The second-order valence-electron chi connectivity index (χ2n) is 3.58. The summed E-state index contributed by atoms with van der Waals surface area (Å²) in [5.41, 5.74) is 7.44. The van der Waals surface area contributed by atoms with E-state index in [-0.39, 0.29) is 11.7 Å². The van der Waals surface area contributed by atoms with Crippen LogP contribution in [0.15, 0.2) is 30.6 Å². The maximum atomic E-state index is 11.5. The van der Waals surface area contributed by atoms with E-state index in [0.717, 1.165) is 17.7 Å². The lowest BCUT2D eigenvalue weighted by atomic mass is 10.1. The van der Waals surface area contributed by atoms with E-state index in [0.29, 0.717) is 6.54 Å². The van der Waals surface area contributed by atoms with Crippen LogP contribution >= 0.6 is 0 Å². The number of anilines is 1. The summed E-state index contributed by atoms with van der Waals surface area (Å²) in [4.78, 5) is 15.2. The zero-order valence-electron chi connectivity index (χ0n) is 9.18. The van der Waals surface area contributed by atoms with Gasteiger partial charge >= 0.3 is 0 Å². The fourth-order valence-electron chi connectivity index (χ4n) is 1.40. The van der Waals surface area contributed by atoms with E-state index < -0.39 is 0 Å². The van der Waals surface area contributed by atoms with E-state index in [1.807, 2.05) is 24.3 Å². The normalized spacial score (nSPS) is 10.1. The maximum absolute atomic E-state index is 11.5. The highest BCUT2D eigenvalue weighted by Gasteiger charge is 2.06. The Kier molecular flexibility index (Phi) is 3.34. The number of aromatic amines is 1. The molecule has 1 amide bonds. The van der Waals surface area contributed by atoms with Crippen molar-refractivity contribution in [3.05, 3.63) is 42.0 Å². The average Bonchev–Trinajstić information content (AvgIpc) is 2.85. The third-order valence-electron chi connectivity index (χ3n) is 2.31. The molecule has 1 heterocycles. The van der Waals surface area contributed by atoms with Crippen molar-refractivity contribution in [2.24, 2.45) is 0 Å². The van der Waals surface area contributed by atoms with Gasteiger partial charge in [-0.2, -0.15) is 5.10 Å². The summed E-state index contributed by atoms with van der Waals surface area (Å²) in [6, 6.07) is 7.56. The Morgan fingerprint density at radius 2 is 2.12 bits per heavy atom. The van der Waals surface area contributed by atoms with Gasteiger partial charge in [-0.1, -0.05) is 12.1 Å². The van der Waals surface area contributed by atoms with Crippen LogP contribution in [-0.2, 0) is 6.42 Å². The number of amides is 1. The van der Waals surface area contributed by atoms with Crippen LogP contribution in [-0.4, -0.2) is 27.6 Å². The lowest BCUT2D eigenvalue weighted by Crippen LogP contribution is -2.26. The third-order valence-corrected chi connectivity index (χ3v) is 2.31. The lowest BCUT2D eigenvalue weighted by Gasteiger charge is -2.03. The van der Waals surface area contributed by atoms with Crippen molar-refractivity contribution in [2.75, 3.05) is 12.3 Å². The van der Waals surface area contributed by atoms with Gasteiger partial charge < -0.3 is 11.1 Å². The number of benzene rings is 1. The van der Waals surface area contributed by atoms with Crippen molar-refractivity contribution in [2.45, 2.75) is 6.42 Å². The van der Waals surface area contributed by atoms with Gasteiger partial charge in [0.2, 0.25) is 5.82 Å². The molecule has 6 nitrogen and oxygen atoms in total. The molecule has 0 aliphatic carbocycles. The van der Waals surface area contributed by atoms with Gasteiger partial charge in [0.1, 0.15) is 6.33 Å². The van der Waals surface area contributed by atoms with E-state index in [2.05, 4.69) is 20.5 Å². The van der Waals surface area contributed by atoms with Gasteiger partial charge in [-0.15, -0.1) is 0 Å². The van der Waals surface area contributed by atoms with Gasteiger partial charge in [-0.25, -0.2) is 4.98 Å². The highest BCUT2D eigenvalue weighted by atomic mass is 16.2. The number of nitrogens with two attached hydrogens (primary N) is 1. The first-order valence-corrected chi connectivity index (χ1v) is 5.23. The molecule has 6 heteroatoms. The number of aromatic nitrogens is 3. The number of nitrogens with zero attached hydrogens (tertiary/aromatic N) is 2. The van der Waals surface area contributed by atoms with E-state index in [1.165, 1.54) is 6.33 Å². The summed E-state index contributed by atoms with van der Waals surface area (Å²) in [7, 11) is 0. The van der Waals surface area contributed by atoms with Gasteiger partial charge in [0.05, 0.1) is 0 Å². The molecule has 0 aliphatic rings. The molecule has 17 heavy (non-hydrogen) atoms. The molecule has 2 aromatic rings. The summed E-state index contributed by atoms with van der Waals surface area (Å²) >= 11 is 0. The number of carbonyl (C=O) groups is 1. The highest BCUT2D eigenvalue weighted by molar-refractivity contribution is 5.90. The van der Waals surface area contributed by atoms with Crippen LogP contribution < -0.4 is 11.1 Å². The number of hydrogen-bond acceptors (Lipinski definition) is 4.